The quantitative estimate of drug-likeness (QED) is 0.901. The Bertz CT molecular complexity index is 494. The molecule has 1 N–H and O–H groups in total. The fourth-order valence-corrected chi connectivity index (χ4v) is 2.28. The van der Waals surface area contributed by atoms with Crippen molar-refractivity contribution >= 4 is 5.91 Å². The van der Waals surface area contributed by atoms with E-state index in [4.69, 9.17) is 14.6 Å². The Hall–Kier alpha value is -1.66. The summed E-state index contributed by atoms with van der Waals surface area (Å²) >= 11 is 0. The minimum Gasteiger partial charge on any atom is -0.497 e. The SMILES string of the molecule is COc1ccc(C(=O)N2CC(C)OC(CO)C2)c(F)c1. The zero-order valence-corrected chi connectivity index (χ0v) is 11.5. The number of ether oxygens (including phenoxy) is 2. The molecule has 0 aliphatic carbocycles. The lowest BCUT2D eigenvalue weighted by molar-refractivity contribution is -0.0859. The maximum absolute atomic E-state index is 13.9. The molecule has 1 saturated heterocycles. The highest BCUT2D eigenvalue weighted by atomic mass is 19.1. The van der Waals surface area contributed by atoms with Crippen molar-refractivity contribution in [1.29, 1.82) is 0 Å². The molecule has 0 radical (unpaired) electrons. The highest BCUT2D eigenvalue weighted by Gasteiger charge is 2.29. The van der Waals surface area contributed by atoms with Gasteiger partial charge < -0.3 is 19.5 Å². The van der Waals surface area contributed by atoms with Gasteiger partial charge in [-0.3, -0.25) is 4.79 Å². The molecule has 6 heteroatoms. The Morgan fingerprint density at radius 2 is 2.30 bits per heavy atom. The fourth-order valence-electron chi connectivity index (χ4n) is 2.28. The molecule has 2 atom stereocenters. The average molecular weight is 283 g/mol. The van der Waals surface area contributed by atoms with Gasteiger partial charge in [-0.2, -0.15) is 0 Å². The second-order valence-electron chi connectivity index (χ2n) is 4.81. The second kappa shape index (κ2) is 6.19. The number of carbonyl (C=O) groups excluding carboxylic acids is 1. The lowest BCUT2D eigenvalue weighted by atomic mass is 10.1. The molecule has 2 unspecified atom stereocenters. The number of aliphatic hydroxyl groups excluding tert-OH is 1. The number of methoxy groups -OCH3 is 1. The number of nitrogens with zero attached hydrogens (tertiary/aromatic N) is 1. The van der Waals surface area contributed by atoms with Crippen molar-refractivity contribution in [2.24, 2.45) is 0 Å². The molecular formula is C14H18FNO4. The smallest absolute Gasteiger partial charge is 0.257 e. The first-order valence-electron chi connectivity index (χ1n) is 6.44. The molecule has 5 nitrogen and oxygen atoms in total. The van der Waals surface area contributed by atoms with Crippen molar-refractivity contribution in [3.8, 4) is 5.75 Å². The molecule has 1 aromatic rings. The van der Waals surface area contributed by atoms with Crippen LogP contribution in [0.3, 0.4) is 0 Å². The number of rotatable bonds is 3. The summed E-state index contributed by atoms with van der Waals surface area (Å²) < 4.78 is 24.3. The summed E-state index contributed by atoms with van der Waals surface area (Å²) in [5.74, 6) is -0.657. The van der Waals surface area contributed by atoms with E-state index < -0.39 is 17.8 Å². The van der Waals surface area contributed by atoms with Gasteiger partial charge in [-0.1, -0.05) is 0 Å². The molecule has 0 aromatic heterocycles. The number of benzene rings is 1. The van der Waals surface area contributed by atoms with E-state index in [0.29, 0.717) is 12.3 Å². The van der Waals surface area contributed by atoms with Crippen LogP contribution < -0.4 is 4.74 Å². The molecule has 0 saturated carbocycles. The van der Waals surface area contributed by atoms with E-state index in [0.717, 1.165) is 0 Å². The molecule has 0 bridgehead atoms. The largest absolute Gasteiger partial charge is 0.497 e. The van der Waals surface area contributed by atoms with E-state index in [1.165, 1.54) is 24.1 Å². The summed E-state index contributed by atoms with van der Waals surface area (Å²) in [6, 6.07) is 4.13. The Labute approximate surface area is 116 Å². The third-order valence-electron chi connectivity index (χ3n) is 3.22. The standard InChI is InChI=1S/C14H18FNO4/c1-9-6-16(7-11(8-17)20-9)14(18)12-4-3-10(19-2)5-13(12)15/h3-5,9,11,17H,6-8H2,1-2H3. The molecule has 1 aromatic carbocycles. The van der Waals surface area contributed by atoms with Crippen LogP contribution in [0.2, 0.25) is 0 Å². The molecule has 2 rings (SSSR count). The molecule has 1 fully saturated rings. The van der Waals surface area contributed by atoms with Crippen LogP contribution in [0.4, 0.5) is 4.39 Å². The topological polar surface area (TPSA) is 59.0 Å². The van der Waals surface area contributed by atoms with E-state index in [1.807, 2.05) is 6.92 Å². The van der Waals surface area contributed by atoms with Gasteiger partial charge in [0.25, 0.3) is 5.91 Å². The average Bonchev–Trinajstić information content (AvgIpc) is 2.45. The van der Waals surface area contributed by atoms with E-state index in [2.05, 4.69) is 0 Å². The van der Waals surface area contributed by atoms with E-state index in [-0.39, 0.29) is 24.8 Å². The number of amides is 1. The third-order valence-corrected chi connectivity index (χ3v) is 3.22. The van der Waals surface area contributed by atoms with Crippen molar-refractivity contribution in [3.63, 3.8) is 0 Å². The van der Waals surface area contributed by atoms with Crippen molar-refractivity contribution < 1.29 is 23.8 Å². The van der Waals surface area contributed by atoms with Gasteiger partial charge in [0.2, 0.25) is 0 Å². The third kappa shape index (κ3) is 3.08. The zero-order valence-electron chi connectivity index (χ0n) is 11.5. The molecule has 110 valence electrons. The summed E-state index contributed by atoms with van der Waals surface area (Å²) in [5, 5.41) is 9.15. The lowest BCUT2D eigenvalue weighted by Crippen LogP contribution is -2.50. The first kappa shape index (κ1) is 14.7. The van der Waals surface area contributed by atoms with Crippen molar-refractivity contribution in [2.45, 2.75) is 19.1 Å². The van der Waals surface area contributed by atoms with E-state index in [9.17, 15) is 9.18 Å². The first-order chi connectivity index (χ1) is 9.55. The molecule has 1 heterocycles. The number of halogens is 1. The van der Waals surface area contributed by atoms with Gasteiger partial charge in [0.1, 0.15) is 11.6 Å². The van der Waals surface area contributed by atoms with Crippen LogP contribution in [0.1, 0.15) is 17.3 Å². The summed E-state index contributed by atoms with van der Waals surface area (Å²) in [5.41, 5.74) is -0.00316. The Balaban J connectivity index is 2.18. The molecule has 1 aliphatic rings. The van der Waals surface area contributed by atoms with Gasteiger partial charge in [-0.05, 0) is 19.1 Å². The van der Waals surface area contributed by atoms with Crippen LogP contribution in [0.5, 0.6) is 5.75 Å². The molecular weight excluding hydrogens is 265 g/mol. The molecule has 1 amide bonds. The van der Waals surface area contributed by atoms with E-state index >= 15 is 0 Å². The minimum absolute atomic E-state index is 0.00316. The summed E-state index contributed by atoms with van der Waals surface area (Å²) in [6.45, 7) is 2.28. The van der Waals surface area contributed by atoms with E-state index in [1.54, 1.807) is 6.07 Å². The Morgan fingerprint density at radius 3 is 2.90 bits per heavy atom. The number of aliphatic hydroxyl groups is 1. The number of morpholine rings is 1. The summed E-state index contributed by atoms with van der Waals surface area (Å²) in [6.07, 6.45) is -0.616. The summed E-state index contributed by atoms with van der Waals surface area (Å²) in [4.78, 5) is 13.8. The number of carbonyl (C=O) groups is 1. The minimum atomic E-state index is -0.617. The highest BCUT2D eigenvalue weighted by molar-refractivity contribution is 5.94. The second-order valence-corrected chi connectivity index (χ2v) is 4.81. The van der Waals surface area contributed by atoms with Crippen LogP contribution in [-0.2, 0) is 4.74 Å². The first-order valence-corrected chi connectivity index (χ1v) is 6.44. The monoisotopic (exact) mass is 283 g/mol. The van der Waals surface area contributed by atoms with Crippen LogP contribution in [-0.4, -0.2) is 54.9 Å². The maximum Gasteiger partial charge on any atom is 0.257 e. The van der Waals surface area contributed by atoms with Gasteiger partial charge in [-0.25, -0.2) is 4.39 Å². The zero-order chi connectivity index (χ0) is 14.7. The van der Waals surface area contributed by atoms with Crippen LogP contribution >= 0.6 is 0 Å². The van der Waals surface area contributed by atoms with Crippen molar-refractivity contribution in [3.05, 3.63) is 29.6 Å². The Kier molecular flexibility index (Phi) is 4.57. The lowest BCUT2D eigenvalue weighted by Gasteiger charge is -2.36. The number of hydrogen-bond donors (Lipinski definition) is 1. The highest BCUT2D eigenvalue weighted by Crippen LogP contribution is 2.20. The normalized spacial score (nSPS) is 22.7. The van der Waals surface area contributed by atoms with Crippen LogP contribution in [0.15, 0.2) is 18.2 Å². The van der Waals surface area contributed by atoms with Gasteiger partial charge >= 0.3 is 0 Å². The van der Waals surface area contributed by atoms with Crippen LogP contribution in [0.25, 0.3) is 0 Å². The molecule has 1 aliphatic heterocycles. The van der Waals surface area contributed by atoms with Gasteiger partial charge in [-0.15, -0.1) is 0 Å². The number of hydrogen-bond acceptors (Lipinski definition) is 4. The van der Waals surface area contributed by atoms with Crippen LogP contribution in [0, 0.1) is 5.82 Å². The van der Waals surface area contributed by atoms with Gasteiger partial charge in [0.15, 0.2) is 0 Å². The maximum atomic E-state index is 13.9. The Morgan fingerprint density at radius 1 is 1.55 bits per heavy atom. The molecule has 20 heavy (non-hydrogen) atoms. The van der Waals surface area contributed by atoms with Gasteiger partial charge in [0, 0.05) is 19.2 Å². The summed E-state index contributed by atoms with van der Waals surface area (Å²) in [7, 11) is 1.44. The predicted molar refractivity (Wildman–Crippen MR) is 70.3 cm³/mol. The fraction of sp³-hybridized carbons (Fsp3) is 0.500. The molecule has 0 spiro atoms. The van der Waals surface area contributed by atoms with Gasteiger partial charge in [0.05, 0.1) is 31.5 Å². The van der Waals surface area contributed by atoms with Crippen molar-refractivity contribution in [1.82, 2.24) is 4.90 Å². The predicted octanol–water partition coefficient (Wildman–Crippen LogP) is 1.06. The van der Waals surface area contributed by atoms with Crippen molar-refractivity contribution in [2.75, 3.05) is 26.8 Å².